The molecular weight excluding hydrogens is 429 g/mol. The van der Waals surface area contributed by atoms with Crippen LogP contribution in [0.1, 0.15) is 21.9 Å². The molecule has 2 aromatic rings. The SMILES string of the molecule is Cc1ccc(NC(=O)c2coc(CN3CCN(CC(O)CN4CCOCC4)CC3)n2)cc1F. The van der Waals surface area contributed by atoms with Gasteiger partial charge in [0.05, 0.1) is 25.9 Å². The molecule has 0 bridgehead atoms. The van der Waals surface area contributed by atoms with Crippen LogP contribution in [-0.2, 0) is 11.3 Å². The number of ether oxygens (including phenoxy) is 1. The molecule has 2 fully saturated rings. The lowest BCUT2D eigenvalue weighted by atomic mass is 10.2. The van der Waals surface area contributed by atoms with Gasteiger partial charge in [0, 0.05) is 58.0 Å². The van der Waals surface area contributed by atoms with E-state index in [0.29, 0.717) is 36.8 Å². The topological polar surface area (TPSA) is 94.3 Å². The normalized spacial score (nSPS) is 19.5. The molecule has 0 saturated carbocycles. The molecule has 1 aromatic carbocycles. The summed E-state index contributed by atoms with van der Waals surface area (Å²) in [6.45, 7) is 10.1. The summed E-state index contributed by atoms with van der Waals surface area (Å²) in [6.07, 6.45) is 0.956. The summed E-state index contributed by atoms with van der Waals surface area (Å²) in [7, 11) is 0. The van der Waals surface area contributed by atoms with Crippen LogP contribution in [0.15, 0.2) is 28.9 Å². The van der Waals surface area contributed by atoms with Gasteiger partial charge < -0.3 is 19.6 Å². The highest BCUT2D eigenvalue weighted by Gasteiger charge is 2.23. The number of benzene rings is 1. The molecule has 0 radical (unpaired) electrons. The predicted octanol–water partition coefficient (Wildman–Crippen LogP) is 1.19. The van der Waals surface area contributed by atoms with Crippen molar-refractivity contribution in [3.8, 4) is 0 Å². The van der Waals surface area contributed by atoms with Crippen LogP contribution < -0.4 is 5.32 Å². The van der Waals surface area contributed by atoms with E-state index < -0.39 is 5.91 Å². The fraction of sp³-hybridized carbons (Fsp3) is 0.565. The summed E-state index contributed by atoms with van der Waals surface area (Å²) in [5, 5.41) is 13.1. The van der Waals surface area contributed by atoms with Crippen LogP contribution in [0, 0.1) is 12.7 Å². The fourth-order valence-electron chi connectivity index (χ4n) is 4.11. The Labute approximate surface area is 193 Å². The number of carbonyl (C=O) groups is 1. The number of aryl methyl sites for hydroxylation is 1. The zero-order chi connectivity index (χ0) is 23.2. The molecule has 2 aliphatic heterocycles. The number of aliphatic hydroxyl groups excluding tert-OH is 1. The number of amides is 1. The minimum atomic E-state index is -0.438. The van der Waals surface area contributed by atoms with Crippen LogP contribution in [0.4, 0.5) is 10.1 Å². The first kappa shape index (κ1) is 23.8. The second-order valence-corrected chi connectivity index (χ2v) is 8.69. The Morgan fingerprint density at radius 3 is 2.48 bits per heavy atom. The van der Waals surface area contributed by atoms with Crippen molar-refractivity contribution in [3.63, 3.8) is 0 Å². The summed E-state index contributed by atoms with van der Waals surface area (Å²) in [5.41, 5.74) is 1.05. The molecule has 1 atom stereocenters. The lowest BCUT2D eigenvalue weighted by Crippen LogP contribution is -2.50. The molecule has 33 heavy (non-hydrogen) atoms. The molecule has 0 aliphatic carbocycles. The lowest BCUT2D eigenvalue weighted by molar-refractivity contribution is 0.00187. The van der Waals surface area contributed by atoms with Gasteiger partial charge in [0.2, 0.25) is 5.89 Å². The summed E-state index contributed by atoms with van der Waals surface area (Å²) in [5.74, 6) is -0.343. The van der Waals surface area contributed by atoms with E-state index in [-0.39, 0.29) is 17.6 Å². The van der Waals surface area contributed by atoms with Crippen molar-refractivity contribution in [1.82, 2.24) is 19.7 Å². The van der Waals surface area contributed by atoms with Crippen LogP contribution in [0.25, 0.3) is 0 Å². The first-order chi connectivity index (χ1) is 16.0. The number of nitrogens with zero attached hydrogens (tertiary/aromatic N) is 4. The molecule has 4 rings (SSSR count). The van der Waals surface area contributed by atoms with E-state index in [1.807, 2.05) is 0 Å². The molecule has 1 amide bonds. The number of halogens is 1. The van der Waals surface area contributed by atoms with E-state index >= 15 is 0 Å². The Kier molecular flexibility index (Phi) is 8.05. The average Bonchev–Trinajstić information content (AvgIpc) is 3.27. The number of aliphatic hydroxyl groups is 1. The second-order valence-electron chi connectivity index (χ2n) is 8.69. The molecule has 2 N–H and O–H groups in total. The third-order valence-corrected chi connectivity index (χ3v) is 6.08. The van der Waals surface area contributed by atoms with Crippen LogP contribution in [0.3, 0.4) is 0 Å². The Morgan fingerprint density at radius 2 is 1.79 bits per heavy atom. The Hall–Kier alpha value is -2.37. The first-order valence-electron chi connectivity index (χ1n) is 11.4. The molecule has 10 heteroatoms. The molecule has 9 nitrogen and oxygen atoms in total. The predicted molar refractivity (Wildman–Crippen MR) is 121 cm³/mol. The summed E-state index contributed by atoms with van der Waals surface area (Å²) < 4.78 is 24.5. The van der Waals surface area contributed by atoms with Crippen molar-refractivity contribution in [1.29, 1.82) is 0 Å². The quantitative estimate of drug-likeness (QED) is 0.606. The molecule has 3 heterocycles. The monoisotopic (exact) mass is 461 g/mol. The van der Waals surface area contributed by atoms with E-state index in [4.69, 9.17) is 9.15 Å². The zero-order valence-corrected chi connectivity index (χ0v) is 19.0. The Morgan fingerprint density at radius 1 is 1.12 bits per heavy atom. The van der Waals surface area contributed by atoms with Crippen molar-refractivity contribution in [3.05, 3.63) is 47.4 Å². The second kappa shape index (κ2) is 11.2. The van der Waals surface area contributed by atoms with Gasteiger partial charge in [-0.1, -0.05) is 6.07 Å². The molecule has 180 valence electrons. The van der Waals surface area contributed by atoms with E-state index in [2.05, 4.69) is 25.0 Å². The van der Waals surface area contributed by atoms with Crippen molar-refractivity contribution in [2.24, 2.45) is 0 Å². The van der Waals surface area contributed by atoms with Crippen molar-refractivity contribution in [2.45, 2.75) is 19.6 Å². The van der Waals surface area contributed by atoms with Gasteiger partial charge in [0.1, 0.15) is 12.1 Å². The van der Waals surface area contributed by atoms with Gasteiger partial charge in [0.25, 0.3) is 5.91 Å². The van der Waals surface area contributed by atoms with Gasteiger partial charge >= 0.3 is 0 Å². The third kappa shape index (κ3) is 6.81. The van der Waals surface area contributed by atoms with Gasteiger partial charge in [-0.15, -0.1) is 0 Å². The number of morpholine rings is 1. The van der Waals surface area contributed by atoms with Gasteiger partial charge in [-0.3, -0.25) is 19.5 Å². The van der Waals surface area contributed by atoms with E-state index in [0.717, 1.165) is 52.5 Å². The summed E-state index contributed by atoms with van der Waals surface area (Å²) in [4.78, 5) is 23.4. The van der Waals surface area contributed by atoms with Gasteiger partial charge in [0.15, 0.2) is 5.69 Å². The number of piperazine rings is 1. The first-order valence-corrected chi connectivity index (χ1v) is 11.4. The molecule has 2 aliphatic rings. The van der Waals surface area contributed by atoms with E-state index in [1.54, 1.807) is 19.1 Å². The van der Waals surface area contributed by atoms with Gasteiger partial charge in [-0.2, -0.15) is 0 Å². The smallest absolute Gasteiger partial charge is 0.277 e. The lowest BCUT2D eigenvalue weighted by Gasteiger charge is -2.36. The number of anilines is 1. The number of oxazole rings is 1. The highest BCUT2D eigenvalue weighted by molar-refractivity contribution is 6.02. The number of nitrogens with one attached hydrogen (secondary N) is 1. The summed E-state index contributed by atoms with van der Waals surface area (Å²) in [6, 6.07) is 4.54. The molecule has 1 aromatic heterocycles. The zero-order valence-electron chi connectivity index (χ0n) is 19.0. The van der Waals surface area contributed by atoms with Crippen LogP contribution in [-0.4, -0.2) is 102 Å². The maximum atomic E-state index is 13.7. The Bertz CT molecular complexity index is 925. The number of carbonyl (C=O) groups excluding carboxylic acids is 1. The highest BCUT2D eigenvalue weighted by Crippen LogP contribution is 2.15. The van der Waals surface area contributed by atoms with E-state index in [1.165, 1.54) is 12.3 Å². The number of β-amino-alcohol motifs (C(OH)–C–C–N with tert-alkyl or cyclic N) is 1. The maximum absolute atomic E-state index is 13.7. The Balaban J connectivity index is 1.20. The number of aromatic nitrogens is 1. The van der Waals surface area contributed by atoms with Crippen LogP contribution in [0.2, 0.25) is 0 Å². The average molecular weight is 462 g/mol. The van der Waals surface area contributed by atoms with Crippen LogP contribution >= 0.6 is 0 Å². The van der Waals surface area contributed by atoms with Crippen molar-refractivity contribution in [2.75, 3.05) is 70.9 Å². The molecule has 2 saturated heterocycles. The maximum Gasteiger partial charge on any atom is 0.277 e. The highest BCUT2D eigenvalue weighted by atomic mass is 19.1. The molecule has 0 spiro atoms. The minimum Gasteiger partial charge on any atom is -0.447 e. The number of rotatable bonds is 8. The van der Waals surface area contributed by atoms with Gasteiger partial charge in [-0.05, 0) is 24.6 Å². The van der Waals surface area contributed by atoms with Crippen LogP contribution in [0.5, 0.6) is 0 Å². The van der Waals surface area contributed by atoms with Crippen molar-refractivity contribution < 1.29 is 23.4 Å². The standard InChI is InChI=1S/C23H32FN5O4/c1-17-2-3-18(12-20(17)24)25-23(31)21-16-33-22(26-21)15-28-6-4-27(5-7-28)13-19(30)14-29-8-10-32-11-9-29/h2-3,12,16,19,30H,4-11,13-15H2,1H3,(H,25,31). The van der Waals surface area contributed by atoms with Gasteiger partial charge in [-0.25, -0.2) is 9.37 Å². The fourth-order valence-corrected chi connectivity index (χ4v) is 4.11. The minimum absolute atomic E-state index is 0.163. The largest absolute Gasteiger partial charge is 0.447 e. The third-order valence-electron chi connectivity index (χ3n) is 6.08. The van der Waals surface area contributed by atoms with E-state index in [9.17, 15) is 14.3 Å². The number of hydrogen-bond donors (Lipinski definition) is 2. The summed E-state index contributed by atoms with van der Waals surface area (Å²) >= 11 is 0. The molecule has 1 unspecified atom stereocenters. The van der Waals surface area contributed by atoms with Crippen molar-refractivity contribution >= 4 is 11.6 Å². The number of hydrogen-bond acceptors (Lipinski definition) is 8. The molecular formula is C23H32FN5O4.